The summed E-state index contributed by atoms with van der Waals surface area (Å²) in [7, 11) is 1.92. The van der Waals surface area contributed by atoms with Gasteiger partial charge in [0.05, 0.1) is 11.5 Å². The first-order chi connectivity index (χ1) is 14.0. The Morgan fingerprint density at radius 3 is 2.45 bits per heavy atom. The zero-order valence-corrected chi connectivity index (χ0v) is 16.3. The standard InChI is InChI=1S/C22H24N4O3/c1-25(15-17-6-7-18-4-2-3-5-19(18)14-17)16-22(27)24-13-12-23-20-8-10-21(11-9-20)26(28)29/h2-11,14,23H,12-13,15-16H2,1H3,(H,24,27). The van der Waals surface area contributed by atoms with E-state index in [0.717, 1.165) is 5.69 Å². The zero-order valence-electron chi connectivity index (χ0n) is 16.3. The van der Waals surface area contributed by atoms with E-state index in [1.807, 2.05) is 24.1 Å². The molecule has 0 atom stereocenters. The van der Waals surface area contributed by atoms with Crippen LogP contribution in [-0.2, 0) is 11.3 Å². The Hall–Kier alpha value is -3.45. The molecule has 3 aromatic rings. The maximum atomic E-state index is 12.1. The number of benzene rings is 3. The maximum absolute atomic E-state index is 12.1. The summed E-state index contributed by atoms with van der Waals surface area (Å²) in [6.45, 7) is 2.02. The summed E-state index contributed by atoms with van der Waals surface area (Å²) in [6, 6.07) is 20.7. The highest BCUT2D eigenvalue weighted by molar-refractivity contribution is 5.83. The van der Waals surface area contributed by atoms with Crippen LogP contribution in [-0.4, -0.2) is 42.4 Å². The molecule has 0 saturated carbocycles. The van der Waals surface area contributed by atoms with Gasteiger partial charge in [0.1, 0.15) is 0 Å². The van der Waals surface area contributed by atoms with Crippen molar-refractivity contribution in [2.24, 2.45) is 0 Å². The summed E-state index contributed by atoms with van der Waals surface area (Å²) in [5, 5.41) is 19.0. The minimum Gasteiger partial charge on any atom is -0.383 e. The summed E-state index contributed by atoms with van der Waals surface area (Å²) in [4.78, 5) is 24.3. The van der Waals surface area contributed by atoms with Crippen LogP contribution in [0.3, 0.4) is 0 Å². The van der Waals surface area contributed by atoms with Crippen molar-refractivity contribution < 1.29 is 9.72 Å². The molecule has 0 aliphatic carbocycles. The minimum absolute atomic E-state index is 0.0428. The first-order valence-corrected chi connectivity index (χ1v) is 9.42. The molecule has 0 aliphatic heterocycles. The number of nitro groups is 1. The first-order valence-electron chi connectivity index (χ1n) is 9.42. The summed E-state index contributed by atoms with van der Waals surface area (Å²) < 4.78 is 0. The lowest BCUT2D eigenvalue weighted by Crippen LogP contribution is -2.37. The number of amides is 1. The number of hydrogen-bond acceptors (Lipinski definition) is 5. The highest BCUT2D eigenvalue weighted by Gasteiger charge is 2.08. The third kappa shape index (κ3) is 6.02. The van der Waals surface area contributed by atoms with Crippen LogP contribution in [0.25, 0.3) is 10.8 Å². The SMILES string of the molecule is CN(CC(=O)NCCNc1ccc([N+](=O)[O-])cc1)Cc1ccc2ccccc2c1. The van der Waals surface area contributed by atoms with Gasteiger partial charge in [0, 0.05) is 37.5 Å². The van der Waals surface area contributed by atoms with Crippen LogP contribution in [0, 0.1) is 10.1 Å². The number of rotatable bonds is 9. The Bertz CT molecular complexity index is 989. The first kappa shape index (κ1) is 20.3. The number of nitrogens with zero attached hydrogens (tertiary/aromatic N) is 2. The van der Waals surface area contributed by atoms with Gasteiger partial charge in [-0.3, -0.25) is 19.8 Å². The lowest BCUT2D eigenvalue weighted by molar-refractivity contribution is -0.384. The van der Waals surface area contributed by atoms with Crippen LogP contribution in [0.2, 0.25) is 0 Å². The number of fused-ring (bicyclic) bond motifs is 1. The van der Waals surface area contributed by atoms with Crippen molar-refractivity contribution in [1.82, 2.24) is 10.2 Å². The van der Waals surface area contributed by atoms with Crippen molar-refractivity contribution in [1.29, 1.82) is 0 Å². The van der Waals surface area contributed by atoms with Crippen LogP contribution in [0.5, 0.6) is 0 Å². The van der Waals surface area contributed by atoms with Gasteiger partial charge in [0.2, 0.25) is 5.91 Å². The fourth-order valence-corrected chi connectivity index (χ4v) is 3.12. The summed E-state index contributed by atoms with van der Waals surface area (Å²) in [5.74, 6) is -0.0428. The molecule has 0 saturated heterocycles. The second kappa shape index (κ2) is 9.66. The summed E-state index contributed by atoms with van der Waals surface area (Å²) in [5.41, 5.74) is 2.00. The van der Waals surface area contributed by atoms with Crippen molar-refractivity contribution in [3.63, 3.8) is 0 Å². The number of carbonyl (C=O) groups is 1. The number of hydrogen-bond donors (Lipinski definition) is 2. The number of likely N-dealkylation sites (N-methyl/N-ethyl adjacent to an activating group) is 1. The van der Waals surface area contributed by atoms with E-state index in [2.05, 4.69) is 41.0 Å². The maximum Gasteiger partial charge on any atom is 0.269 e. The van der Waals surface area contributed by atoms with Gasteiger partial charge in [-0.15, -0.1) is 0 Å². The van der Waals surface area contributed by atoms with E-state index in [-0.39, 0.29) is 11.6 Å². The fourth-order valence-electron chi connectivity index (χ4n) is 3.12. The second-order valence-corrected chi connectivity index (χ2v) is 6.93. The topological polar surface area (TPSA) is 87.5 Å². The Balaban J connectivity index is 1.38. The smallest absolute Gasteiger partial charge is 0.269 e. The number of anilines is 1. The molecule has 0 aromatic heterocycles. The molecule has 0 bridgehead atoms. The summed E-state index contributed by atoms with van der Waals surface area (Å²) in [6.07, 6.45) is 0. The second-order valence-electron chi connectivity index (χ2n) is 6.93. The van der Waals surface area contributed by atoms with Gasteiger partial charge >= 0.3 is 0 Å². The normalized spacial score (nSPS) is 10.8. The molecule has 2 N–H and O–H groups in total. The Labute approximate surface area is 169 Å². The predicted octanol–water partition coefficient (Wildman–Crippen LogP) is 3.41. The molecule has 150 valence electrons. The molecule has 0 radical (unpaired) electrons. The molecule has 0 aliphatic rings. The van der Waals surface area contributed by atoms with Gasteiger partial charge in [0.25, 0.3) is 5.69 Å². The quantitative estimate of drug-likeness (QED) is 0.331. The molecule has 3 aromatic carbocycles. The van der Waals surface area contributed by atoms with Gasteiger partial charge in [-0.2, -0.15) is 0 Å². The number of nitrogens with one attached hydrogen (secondary N) is 2. The van der Waals surface area contributed by atoms with E-state index in [0.29, 0.717) is 26.2 Å². The largest absolute Gasteiger partial charge is 0.383 e. The third-order valence-corrected chi connectivity index (χ3v) is 4.53. The monoisotopic (exact) mass is 392 g/mol. The molecule has 0 fully saturated rings. The average Bonchev–Trinajstić information content (AvgIpc) is 2.71. The Morgan fingerprint density at radius 1 is 1.00 bits per heavy atom. The van der Waals surface area contributed by atoms with Crippen molar-refractivity contribution in [3.8, 4) is 0 Å². The van der Waals surface area contributed by atoms with Crippen molar-refractivity contribution >= 4 is 28.1 Å². The summed E-state index contributed by atoms with van der Waals surface area (Å²) >= 11 is 0. The average molecular weight is 392 g/mol. The zero-order chi connectivity index (χ0) is 20.6. The molecule has 7 heteroatoms. The number of carbonyl (C=O) groups excluding carboxylic acids is 1. The van der Waals surface area contributed by atoms with Crippen LogP contribution < -0.4 is 10.6 Å². The predicted molar refractivity (Wildman–Crippen MR) is 115 cm³/mol. The van der Waals surface area contributed by atoms with E-state index in [1.165, 1.54) is 28.5 Å². The number of nitro benzene ring substituents is 1. The number of non-ortho nitro benzene ring substituents is 1. The highest BCUT2D eigenvalue weighted by atomic mass is 16.6. The van der Waals surface area contributed by atoms with Crippen LogP contribution in [0.4, 0.5) is 11.4 Å². The van der Waals surface area contributed by atoms with E-state index in [4.69, 9.17) is 0 Å². The van der Waals surface area contributed by atoms with Crippen LogP contribution in [0.1, 0.15) is 5.56 Å². The van der Waals surface area contributed by atoms with Gasteiger partial charge in [0.15, 0.2) is 0 Å². The Morgan fingerprint density at radius 2 is 1.72 bits per heavy atom. The Kier molecular flexibility index (Phi) is 6.76. The minimum atomic E-state index is -0.432. The molecule has 29 heavy (non-hydrogen) atoms. The van der Waals surface area contributed by atoms with Crippen molar-refractivity contribution in [2.45, 2.75) is 6.54 Å². The lowest BCUT2D eigenvalue weighted by Gasteiger charge is -2.17. The molecule has 0 heterocycles. The van der Waals surface area contributed by atoms with Gasteiger partial charge < -0.3 is 10.6 Å². The van der Waals surface area contributed by atoms with Gasteiger partial charge in [-0.25, -0.2) is 0 Å². The van der Waals surface area contributed by atoms with Crippen LogP contribution in [0.15, 0.2) is 66.7 Å². The lowest BCUT2D eigenvalue weighted by atomic mass is 10.1. The van der Waals surface area contributed by atoms with Crippen molar-refractivity contribution in [3.05, 3.63) is 82.4 Å². The van der Waals surface area contributed by atoms with Gasteiger partial charge in [-0.05, 0) is 41.6 Å². The molecular formula is C22H24N4O3. The van der Waals surface area contributed by atoms with E-state index >= 15 is 0 Å². The molecule has 3 rings (SSSR count). The van der Waals surface area contributed by atoms with Crippen molar-refractivity contribution in [2.75, 3.05) is 32.0 Å². The molecule has 0 unspecified atom stereocenters. The fraction of sp³-hybridized carbons (Fsp3) is 0.227. The third-order valence-electron chi connectivity index (χ3n) is 4.53. The molecule has 0 spiro atoms. The van der Waals surface area contributed by atoms with Gasteiger partial charge in [-0.1, -0.05) is 36.4 Å². The molecule has 7 nitrogen and oxygen atoms in total. The highest BCUT2D eigenvalue weighted by Crippen LogP contribution is 2.17. The molecular weight excluding hydrogens is 368 g/mol. The van der Waals surface area contributed by atoms with E-state index in [1.54, 1.807) is 12.1 Å². The van der Waals surface area contributed by atoms with E-state index in [9.17, 15) is 14.9 Å². The molecule has 1 amide bonds. The van der Waals surface area contributed by atoms with Crippen LogP contribution >= 0.6 is 0 Å². The van der Waals surface area contributed by atoms with E-state index < -0.39 is 4.92 Å².